The van der Waals surface area contributed by atoms with Gasteiger partial charge in [-0.05, 0) is 37.3 Å². The Hall–Kier alpha value is -3.41. The fourth-order valence-corrected chi connectivity index (χ4v) is 2.78. The predicted molar refractivity (Wildman–Crippen MR) is 95.4 cm³/mol. The second-order valence-electron chi connectivity index (χ2n) is 5.74. The Morgan fingerprint density at radius 2 is 1.54 bits per heavy atom. The van der Waals surface area contributed by atoms with Crippen LogP contribution in [0.3, 0.4) is 0 Å². The van der Waals surface area contributed by atoms with Crippen LogP contribution in [0.1, 0.15) is 36.8 Å². The van der Waals surface area contributed by atoms with Crippen molar-refractivity contribution in [1.82, 2.24) is 4.98 Å². The molecule has 0 aliphatic heterocycles. The van der Waals surface area contributed by atoms with Crippen molar-refractivity contribution in [2.45, 2.75) is 6.92 Å². The van der Waals surface area contributed by atoms with Crippen LogP contribution >= 0.6 is 0 Å². The third-order valence-electron chi connectivity index (χ3n) is 4.05. The highest BCUT2D eigenvalue weighted by molar-refractivity contribution is 6.10. The first-order chi connectivity index (χ1) is 12.5. The molecular weight excluding hydrogens is 334 g/mol. The molecule has 1 N–H and O–H groups in total. The first kappa shape index (κ1) is 17.4. The summed E-state index contributed by atoms with van der Waals surface area (Å²) < 4.78 is 9.73. The van der Waals surface area contributed by atoms with Crippen molar-refractivity contribution in [1.29, 1.82) is 0 Å². The molecule has 0 bridgehead atoms. The van der Waals surface area contributed by atoms with Crippen molar-refractivity contribution >= 4 is 28.6 Å². The number of Topliss-reactive ketones (excluding diaryl/α,β-unsaturated/α-hetero) is 1. The van der Waals surface area contributed by atoms with E-state index in [-0.39, 0.29) is 18.0 Å². The number of aromatic nitrogens is 1. The number of fused-ring (bicyclic) bond motifs is 1. The van der Waals surface area contributed by atoms with Crippen LogP contribution in [-0.2, 0) is 9.47 Å². The van der Waals surface area contributed by atoms with Gasteiger partial charge in [-0.15, -0.1) is 0 Å². The molecule has 3 rings (SSSR count). The highest BCUT2D eigenvalue weighted by atomic mass is 16.5. The standard InChI is InChI=1S/C20H17NO5/c1-12-18(15-5-3-4-6-16(15)21-12)17(22)11-26-20(24)14-9-7-13(8-10-14)19(23)25-2/h3-10,21H,11H2,1-2H3. The molecule has 6 nitrogen and oxygen atoms in total. The zero-order valence-electron chi connectivity index (χ0n) is 14.4. The SMILES string of the molecule is COC(=O)c1ccc(C(=O)OCC(=O)c2c(C)[nH]c3ccccc23)cc1. The highest BCUT2D eigenvalue weighted by Crippen LogP contribution is 2.22. The number of para-hydroxylation sites is 1. The molecule has 0 unspecified atom stereocenters. The van der Waals surface area contributed by atoms with Crippen LogP contribution in [-0.4, -0.2) is 36.4 Å². The summed E-state index contributed by atoms with van der Waals surface area (Å²) in [5.41, 5.74) is 2.69. The van der Waals surface area contributed by atoms with E-state index in [1.807, 2.05) is 24.3 Å². The van der Waals surface area contributed by atoms with Gasteiger partial charge in [0.05, 0.1) is 18.2 Å². The summed E-state index contributed by atoms with van der Waals surface area (Å²) in [6, 6.07) is 13.3. The van der Waals surface area contributed by atoms with Gasteiger partial charge in [-0.2, -0.15) is 0 Å². The number of carbonyl (C=O) groups is 3. The van der Waals surface area contributed by atoms with E-state index >= 15 is 0 Å². The molecule has 132 valence electrons. The third kappa shape index (κ3) is 3.35. The van der Waals surface area contributed by atoms with Crippen molar-refractivity contribution in [2.75, 3.05) is 13.7 Å². The predicted octanol–water partition coefficient (Wildman–Crippen LogP) is 3.30. The second kappa shape index (κ2) is 7.23. The number of ketones is 1. The Labute approximate surface area is 149 Å². The minimum absolute atomic E-state index is 0.251. The maximum Gasteiger partial charge on any atom is 0.338 e. The van der Waals surface area contributed by atoms with Crippen LogP contribution in [0.25, 0.3) is 10.9 Å². The molecule has 0 radical (unpaired) electrons. The van der Waals surface area contributed by atoms with Crippen LogP contribution in [0.2, 0.25) is 0 Å². The van der Waals surface area contributed by atoms with E-state index in [0.29, 0.717) is 11.1 Å². The van der Waals surface area contributed by atoms with Crippen LogP contribution in [0, 0.1) is 6.92 Å². The van der Waals surface area contributed by atoms with E-state index in [2.05, 4.69) is 9.72 Å². The Balaban J connectivity index is 1.70. The molecule has 1 aromatic heterocycles. The number of hydrogen-bond acceptors (Lipinski definition) is 5. The van der Waals surface area contributed by atoms with Gasteiger partial charge in [-0.3, -0.25) is 4.79 Å². The fraction of sp³-hybridized carbons (Fsp3) is 0.150. The van der Waals surface area contributed by atoms with Gasteiger partial charge in [0.15, 0.2) is 6.61 Å². The lowest BCUT2D eigenvalue weighted by Crippen LogP contribution is -2.15. The number of H-pyrrole nitrogens is 1. The number of rotatable bonds is 5. The number of nitrogens with one attached hydrogen (secondary N) is 1. The molecule has 0 atom stereocenters. The topological polar surface area (TPSA) is 85.5 Å². The summed E-state index contributed by atoms with van der Waals surface area (Å²) in [6.07, 6.45) is 0. The van der Waals surface area contributed by atoms with Gasteiger partial charge in [0.25, 0.3) is 0 Å². The van der Waals surface area contributed by atoms with Crippen molar-refractivity contribution in [3.63, 3.8) is 0 Å². The van der Waals surface area contributed by atoms with Crippen LogP contribution < -0.4 is 0 Å². The number of aryl methyl sites for hydroxylation is 1. The van der Waals surface area contributed by atoms with Gasteiger partial charge < -0.3 is 14.5 Å². The van der Waals surface area contributed by atoms with Crippen molar-refractivity contribution < 1.29 is 23.9 Å². The Morgan fingerprint density at radius 1 is 0.923 bits per heavy atom. The number of carbonyl (C=O) groups excluding carboxylic acids is 3. The van der Waals surface area contributed by atoms with Crippen molar-refractivity contribution in [3.8, 4) is 0 Å². The van der Waals surface area contributed by atoms with Crippen molar-refractivity contribution in [3.05, 3.63) is 70.9 Å². The second-order valence-corrected chi connectivity index (χ2v) is 5.74. The van der Waals surface area contributed by atoms with Gasteiger partial charge in [-0.25, -0.2) is 9.59 Å². The quantitative estimate of drug-likeness (QED) is 0.563. The van der Waals surface area contributed by atoms with Gasteiger partial charge in [0.1, 0.15) is 0 Å². The van der Waals surface area contributed by atoms with E-state index in [1.54, 1.807) is 6.92 Å². The molecule has 0 fully saturated rings. The van der Waals surface area contributed by atoms with Crippen LogP contribution in [0.4, 0.5) is 0 Å². The first-order valence-electron chi connectivity index (χ1n) is 7.97. The molecule has 0 amide bonds. The van der Waals surface area contributed by atoms with E-state index < -0.39 is 11.9 Å². The monoisotopic (exact) mass is 351 g/mol. The smallest absolute Gasteiger partial charge is 0.338 e. The highest BCUT2D eigenvalue weighted by Gasteiger charge is 2.18. The molecule has 0 saturated heterocycles. The summed E-state index contributed by atoms with van der Waals surface area (Å²) in [6.45, 7) is 1.45. The number of hydrogen-bond donors (Lipinski definition) is 1. The van der Waals surface area contributed by atoms with E-state index in [1.165, 1.54) is 31.4 Å². The van der Waals surface area contributed by atoms with E-state index in [9.17, 15) is 14.4 Å². The minimum atomic E-state index is -0.632. The summed E-state index contributed by atoms with van der Waals surface area (Å²) in [7, 11) is 1.28. The lowest BCUT2D eigenvalue weighted by molar-refractivity contribution is 0.0474. The molecule has 0 aliphatic carbocycles. The van der Waals surface area contributed by atoms with Crippen LogP contribution in [0.15, 0.2) is 48.5 Å². The Bertz CT molecular complexity index is 985. The Morgan fingerprint density at radius 3 is 2.19 bits per heavy atom. The summed E-state index contributed by atoms with van der Waals surface area (Å²) in [5.74, 6) is -1.40. The number of ether oxygens (including phenoxy) is 2. The van der Waals surface area contributed by atoms with E-state index in [4.69, 9.17) is 4.74 Å². The third-order valence-corrected chi connectivity index (χ3v) is 4.05. The first-order valence-corrected chi connectivity index (χ1v) is 7.97. The lowest BCUT2D eigenvalue weighted by atomic mass is 10.1. The average Bonchev–Trinajstić information content (AvgIpc) is 3.01. The van der Waals surface area contributed by atoms with Gasteiger partial charge in [0.2, 0.25) is 5.78 Å². The van der Waals surface area contributed by atoms with Crippen molar-refractivity contribution in [2.24, 2.45) is 0 Å². The molecule has 26 heavy (non-hydrogen) atoms. The zero-order chi connectivity index (χ0) is 18.7. The molecule has 2 aromatic carbocycles. The molecular formula is C20H17NO5. The van der Waals surface area contributed by atoms with E-state index in [0.717, 1.165) is 16.6 Å². The molecule has 1 heterocycles. The molecule has 0 aliphatic rings. The number of methoxy groups -OCH3 is 1. The maximum atomic E-state index is 12.5. The number of esters is 2. The molecule has 0 saturated carbocycles. The number of aromatic amines is 1. The summed E-state index contributed by atoms with van der Waals surface area (Å²) >= 11 is 0. The molecule has 3 aromatic rings. The summed E-state index contributed by atoms with van der Waals surface area (Å²) in [4.78, 5) is 39.2. The zero-order valence-corrected chi connectivity index (χ0v) is 14.4. The number of benzene rings is 2. The van der Waals surface area contributed by atoms with Gasteiger partial charge in [0, 0.05) is 22.2 Å². The largest absolute Gasteiger partial charge is 0.465 e. The fourth-order valence-electron chi connectivity index (χ4n) is 2.78. The van der Waals surface area contributed by atoms with Gasteiger partial charge >= 0.3 is 11.9 Å². The minimum Gasteiger partial charge on any atom is -0.465 e. The molecule has 6 heteroatoms. The Kier molecular flexibility index (Phi) is 4.84. The normalized spacial score (nSPS) is 10.5. The van der Waals surface area contributed by atoms with Crippen LogP contribution in [0.5, 0.6) is 0 Å². The lowest BCUT2D eigenvalue weighted by Gasteiger charge is -2.05. The molecule has 0 spiro atoms. The summed E-state index contributed by atoms with van der Waals surface area (Å²) in [5, 5.41) is 0.800. The maximum absolute atomic E-state index is 12.5. The van der Waals surface area contributed by atoms with Gasteiger partial charge in [-0.1, -0.05) is 18.2 Å². The average molecular weight is 351 g/mol.